The van der Waals surface area contributed by atoms with Crippen LogP contribution in [0.15, 0.2) is 0 Å². The third-order valence-electron chi connectivity index (χ3n) is 6.30. The number of rotatable bonds is 0. The van der Waals surface area contributed by atoms with Gasteiger partial charge in [0.15, 0.2) is 0 Å². The molecule has 2 heterocycles. The highest BCUT2D eigenvalue weighted by Crippen LogP contribution is 2.46. The molecule has 3 nitrogen and oxygen atoms in total. The summed E-state index contributed by atoms with van der Waals surface area (Å²) in [6.45, 7) is 0. The van der Waals surface area contributed by atoms with Crippen LogP contribution in [-0.2, 0) is 4.79 Å². The molecule has 112 valence electrons. The summed E-state index contributed by atoms with van der Waals surface area (Å²) in [4.78, 5) is 13.0. The van der Waals surface area contributed by atoms with Crippen molar-refractivity contribution < 1.29 is 4.79 Å². The Balaban J connectivity index is 1.61. The summed E-state index contributed by atoms with van der Waals surface area (Å²) >= 11 is 3.82. The van der Waals surface area contributed by atoms with Crippen molar-refractivity contribution in [1.82, 2.24) is 10.6 Å². The molecule has 0 spiro atoms. The van der Waals surface area contributed by atoms with E-state index >= 15 is 0 Å². The van der Waals surface area contributed by atoms with Crippen molar-refractivity contribution in [2.75, 3.05) is 0 Å². The molecule has 2 aliphatic heterocycles. The average Bonchev–Trinajstić information content (AvgIpc) is 2.70. The second kappa shape index (κ2) is 5.28. The van der Waals surface area contributed by atoms with Crippen LogP contribution < -0.4 is 10.6 Å². The predicted molar refractivity (Wildman–Crippen MR) is 82.8 cm³/mol. The third-order valence-corrected chi connectivity index (χ3v) is 7.13. The van der Waals surface area contributed by atoms with Crippen LogP contribution in [0.5, 0.6) is 0 Å². The minimum absolute atomic E-state index is 0.313. The van der Waals surface area contributed by atoms with Gasteiger partial charge in [0.25, 0.3) is 0 Å². The first-order valence-corrected chi connectivity index (χ1v) is 9.33. The summed E-state index contributed by atoms with van der Waals surface area (Å²) in [6.07, 6.45) is 9.71. The molecule has 7 unspecified atom stereocenters. The fraction of sp³-hybridized carbons (Fsp3) is 0.938. The molecule has 0 bridgehead atoms. The number of carbonyl (C=O) groups is 1. The first-order chi connectivity index (χ1) is 9.72. The molecule has 0 aromatic carbocycles. The summed E-state index contributed by atoms with van der Waals surface area (Å²) in [7, 11) is 0. The van der Waals surface area contributed by atoms with Crippen LogP contribution in [-0.4, -0.2) is 28.9 Å². The lowest BCUT2D eigenvalue weighted by atomic mass is 9.72. The monoisotopic (exact) mass is 340 g/mol. The van der Waals surface area contributed by atoms with Crippen molar-refractivity contribution in [3.63, 3.8) is 0 Å². The zero-order valence-corrected chi connectivity index (χ0v) is 13.6. The van der Waals surface area contributed by atoms with Gasteiger partial charge in [-0.15, -0.1) is 0 Å². The Labute approximate surface area is 129 Å². The van der Waals surface area contributed by atoms with E-state index in [1.807, 2.05) is 0 Å². The van der Waals surface area contributed by atoms with Crippen LogP contribution in [0.3, 0.4) is 0 Å². The van der Waals surface area contributed by atoms with Crippen LogP contribution >= 0.6 is 15.9 Å². The van der Waals surface area contributed by atoms with Gasteiger partial charge in [-0.3, -0.25) is 4.79 Å². The summed E-state index contributed by atoms with van der Waals surface area (Å²) in [5.41, 5.74) is 0. The second-order valence-corrected chi connectivity index (χ2v) is 8.66. The van der Waals surface area contributed by atoms with Crippen LogP contribution in [0.1, 0.15) is 51.4 Å². The maximum absolute atomic E-state index is 12.3. The predicted octanol–water partition coefficient (Wildman–Crippen LogP) is 2.59. The number of hydrogen-bond donors (Lipinski definition) is 2. The van der Waals surface area contributed by atoms with Crippen molar-refractivity contribution >= 4 is 21.8 Å². The van der Waals surface area contributed by atoms with Gasteiger partial charge in [-0.2, -0.15) is 0 Å². The van der Waals surface area contributed by atoms with Gasteiger partial charge in [-0.25, -0.2) is 0 Å². The first-order valence-electron chi connectivity index (χ1n) is 8.42. The SMILES string of the molecule is O=C1CC2C3CC(Br)CCC3NC2C2CCCCC2N1. The zero-order valence-electron chi connectivity index (χ0n) is 12.0. The molecule has 4 fully saturated rings. The van der Waals surface area contributed by atoms with E-state index < -0.39 is 0 Å². The van der Waals surface area contributed by atoms with E-state index in [0.717, 1.165) is 6.42 Å². The van der Waals surface area contributed by atoms with Gasteiger partial charge in [0.1, 0.15) is 0 Å². The quantitative estimate of drug-likeness (QED) is 0.665. The van der Waals surface area contributed by atoms with E-state index in [1.54, 1.807) is 0 Å². The van der Waals surface area contributed by atoms with Gasteiger partial charge in [-0.1, -0.05) is 28.8 Å². The maximum Gasteiger partial charge on any atom is 0.220 e. The minimum atomic E-state index is 0.313. The first kappa shape index (κ1) is 13.6. The molecule has 1 amide bonds. The molecule has 2 saturated carbocycles. The number of nitrogens with one attached hydrogen (secondary N) is 2. The summed E-state index contributed by atoms with van der Waals surface area (Å²) in [6, 6.07) is 1.71. The van der Waals surface area contributed by atoms with E-state index in [4.69, 9.17) is 0 Å². The Morgan fingerprint density at radius 2 is 1.80 bits per heavy atom. The van der Waals surface area contributed by atoms with E-state index in [1.165, 1.54) is 44.9 Å². The Morgan fingerprint density at radius 1 is 0.950 bits per heavy atom. The lowest BCUT2D eigenvalue weighted by molar-refractivity contribution is -0.122. The van der Waals surface area contributed by atoms with E-state index in [0.29, 0.717) is 46.6 Å². The maximum atomic E-state index is 12.3. The zero-order chi connectivity index (χ0) is 13.7. The molecular formula is C16H25BrN2O. The van der Waals surface area contributed by atoms with E-state index in [-0.39, 0.29) is 0 Å². The Kier molecular flexibility index (Phi) is 3.58. The van der Waals surface area contributed by atoms with Crippen LogP contribution in [0, 0.1) is 17.8 Å². The largest absolute Gasteiger partial charge is 0.353 e. The Bertz CT molecular complexity index is 402. The van der Waals surface area contributed by atoms with Gasteiger partial charge in [0.2, 0.25) is 5.91 Å². The van der Waals surface area contributed by atoms with Crippen molar-refractivity contribution in [1.29, 1.82) is 0 Å². The van der Waals surface area contributed by atoms with Gasteiger partial charge in [0, 0.05) is 29.4 Å². The molecule has 2 N–H and O–H groups in total. The van der Waals surface area contributed by atoms with Gasteiger partial charge in [-0.05, 0) is 49.9 Å². The Morgan fingerprint density at radius 3 is 2.70 bits per heavy atom. The molecule has 0 aromatic rings. The van der Waals surface area contributed by atoms with Crippen molar-refractivity contribution in [3.8, 4) is 0 Å². The molecule has 4 rings (SSSR count). The molecule has 0 radical (unpaired) electrons. The molecule has 4 heteroatoms. The molecular weight excluding hydrogens is 316 g/mol. The molecule has 4 aliphatic rings. The molecule has 2 saturated heterocycles. The molecule has 0 aromatic heterocycles. The fourth-order valence-corrected chi connectivity index (χ4v) is 6.13. The summed E-state index contributed by atoms with van der Waals surface area (Å²) in [5, 5.41) is 7.29. The standard InChI is InChI=1S/C16H25BrN2O/c17-9-5-6-14-11(7-9)12-8-15(20)18-13-4-2-1-3-10(13)16(12)19-14/h9-14,16,19H,1-8H2,(H,18,20). The highest BCUT2D eigenvalue weighted by Gasteiger charge is 2.51. The van der Waals surface area contributed by atoms with Crippen LogP contribution in [0.25, 0.3) is 0 Å². The molecule has 2 aliphatic carbocycles. The normalized spacial score (nSPS) is 51.5. The van der Waals surface area contributed by atoms with Crippen molar-refractivity contribution in [3.05, 3.63) is 0 Å². The van der Waals surface area contributed by atoms with Crippen LogP contribution in [0.4, 0.5) is 0 Å². The lowest BCUT2D eigenvalue weighted by Gasteiger charge is -2.35. The third kappa shape index (κ3) is 2.23. The van der Waals surface area contributed by atoms with Gasteiger partial charge >= 0.3 is 0 Å². The summed E-state index contributed by atoms with van der Waals surface area (Å²) in [5.74, 6) is 2.28. The topological polar surface area (TPSA) is 41.1 Å². The van der Waals surface area contributed by atoms with E-state index in [2.05, 4.69) is 26.6 Å². The van der Waals surface area contributed by atoms with Crippen molar-refractivity contribution in [2.24, 2.45) is 17.8 Å². The average molecular weight is 341 g/mol. The highest BCUT2D eigenvalue weighted by atomic mass is 79.9. The second-order valence-electron chi connectivity index (χ2n) is 7.36. The molecule has 20 heavy (non-hydrogen) atoms. The van der Waals surface area contributed by atoms with Crippen LogP contribution in [0.2, 0.25) is 0 Å². The van der Waals surface area contributed by atoms with Gasteiger partial charge in [0.05, 0.1) is 0 Å². The minimum Gasteiger partial charge on any atom is -0.353 e. The van der Waals surface area contributed by atoms with Gasteiger partial charge < -0.3 is 10.6 Å². The Hall–Kier alpha value is -0.0900. The van der Waals surface area contributed by atoms with E-state index in [9.17, 15) is 4.79 Å². The number of fused-ring (bicyclic) bond motifs is 5. The fourth-order valence-electron chi connectivity index (χ4n) is 5.44. The smallest absolute Gasteiger partial charge is 0.220 e. The number of amides is 1. The molecule has 7 atom stereocenters. The number of hydrogen-bond acceptors (Lipinski definition) is 2. The highest BCUT2D eigenvalue weighted by molar-refractivity contribution is 9.09. The summed E-state index contributed by atoms with van der Waals surface area (Å²) < 4.78 is 0. The number of halogens is 1. The lowest BCUT2D eigenvalue weighted by Crippen LogP contribution is -2.48. The number of alkyl halides is 1. The number of carbonyl (C=O) groups excluding carboxylic acids is 1. The van der Waals surface area contributed by atoms with Crippen molar-refractivity contribution in [2.45, 2.75) is 74.3 Å².